The van der Waals surface area contributed by atoms with Crippen molar-refractivity contribution in [2.24, 2.45) is 0 Å². The highest BCUT2D eigenvalue weighted by Gasteiger charge is 2.23. The van der Waals surface area contributed by atoms with Crippen LogP contribution in [-0.4, -0.2) is 9.78 Å². The van der Waals surface area contributed by atoms with E-state index in [0.717, 1.165) is 25.7 Å². The predicted molar refractivity (Wildman–Crippen MR) is 47.6 cm³/mol. The van der Waals surface area contributed by atoms with Crippen molar-refractivity contribution in [3.63, 3.8) is 0 Å². The van der Waals surface area contributed by atoms with Crippen molar-refractivity contribution in [1.82, 2.24) is 9.78 Å². The highest BCUT2D eigenvalue weighted by atomic mass is 16.4. The maximum Gasteiger partial charge on any atom is 0.437 e. The van der Waals surface area contributed by atoms with Crippen molar-refractivity contribution < 1.29 is 4.42 Å². The molecule has 0 amide bonds. The van der Waals surface area contributed by atoms with Gasteiger partial charge in [0.2, 0.25) is 5.89 Å². The Labute approximate surface area is 76.6 Å². The standard InChI is InChI=1S/C9H14N2O2/c1-2-4-8-10-11(9(12)13-8)7-5-3-6-7/h7H,2-6H2,1H3. The molecule has 1 aliphatic rings. The molecule has 0 aromatic carbocycles. The lowest BCUT2D eigenvalue weighted by Crippen LogP contribution is -2.26. The van der Waals surface area contributed by atoms with Crippen molar-refractivity contribution in [2.45, 2.75) is 45.1 Å². The topological polar surface area (TPSA) is 48.0 Å². The van der Waals surface area contributed by atoms with Crippen LogP contribution in [-0.2, 0) is 6.42 Å². The van der Waals surface area contributed by atoms with Crippen LogP contribution >= 0.6 is 0 Å². The smallest absolute Gasteiger partial charge is 0.392 e. The van der Waals surface area contributed by atoms with Crippen LogP contribution in [0.1, 0.15) is 44.5 Å². The van der Waals surface area contributed by atoms with Crippen molar-refractivity contribution in [2.75, 3.05) is 0 Å². The van der Waals surface area contributed by atoms with E-state index in [0.29, 0.717) is 11.9 Å². The molecule has 4 nitrogen and oxygen atoms in total. The Kier molecular flexibility index (Phi) is 2.20. The minimum absolute atomic E-state index is 0.284. The summed E-state index contributed by atoms with van der Waals surface area (Å²) >= 11 is 0. The molecule has 1 fully saturated rings. The van der Waals surface area contributed by atoms with Crippen LogP contribution in [0, 0.1) is 0 Å². The van der Waals surface area contributed by atoms with Gasteiger partial charge in [-0.2, -0.15) is 4.68 Å². The van der Waals surface area contributed by atoms with E-state index in [4.69, 9.17) is 4.42 Å². The number of nitrogens with zero attached hydrogens (tertiary/aromatic N) is 2. The zero-order valence-corrected chi connectivity index (χ0v) is 7.82. The first-order valence-electron chi connectivity index (χ1n) is 4.89. The lowest BCUT2D eigenvalue weighted by atomic mass is 9.94. The second-order valence-electron chi connectivity index (χ2n) is 3.54. The summed E-state index contributed by atoms with van der Waals surface area (Å²) in [7, 11) is 0. The highest BCUT2D eigenvalue weighted by molar-refractivity contribution is 4.81. The third kappa shape index (κ3) is 1.53. The molecule has 0 bridgehead atoms. The van der Waals surface area contributed by atoms with Gasteiger partial charge in [-0.15, -0.1) is 5.10 Å². The molecule has 4 heteroatoms. The molecule has 2 rings (SSSR count). The lowest BCUT2D eigenvalue weighted by molar-refractivity contribution is 0.272. The van der Waals surface area contributed by atoms with E-state index in [1.54, 1.807) is 0 Å². The molecule has 1 aromatic rings. The zero-order chi connectivity index (χ0) is 9.26. The van der Waals surface area contributed by atoms with Crippen molar-refractivity contribution in [3.05, 3.63) is 16.4 Å². The molecule has 0 spiro atoms. The quantitative estimate of drug-likeness (QED) is 0.712. The van der Waals surface area contributed by atoms with Gasteiger partial charge in [-0.25, -0.2) is 4.79 Å². The Balaban J connectivity index is 2.20. The molecule has 1 heterocycles. The average Bonchev–Trinajstić information content (AvgIpc) is 2.30. The van der Waals surface area contributed by atoms with Gasteiger partial charge in [0.1, 0.15) is 0 Å². The van der Waals surface area contributed by atoms with Gasteiger partial charge in [0.25, 0.3) is 0 Å². The van der Waals surface area contributed by atoms with E-state index in [2.05, 4.69) is 5.10 Å². The van der Waals surface area contributed by atoms with Gasteiger partial charge in [-0.05, 0) is 25.7 Å². The molecular formula is C9H14N2O2. The first-order chi connectivity index (χ1) is 6.31. The summed E-state index contributed by atoms with van der Waals surface area (Å²) in [6.07, 6.45) is 5.06. The molecule has 13 heavy (non-hydrogen) atoms. The molecule has 1 aliphatic carbocycles. The number of hydrogen-bond donors (Lipinski definition) is 0. The molecule has 72 valence electrons. The first-order valence-corrected chi connectivity index (χ1v) is 4.89. The van der Waals surface area contributed by atoms with E-state index >= 15 is 0 Å². The van der Waals surface area contributed by atoms with Gasteiger partial charge >= 0.3 is 5.76 Å². The monoisotopic (exact) mass is 182 g/mol. The zero-order valence-electron chi connectivity index (χ0n) is 7.82. The number of hydrogen-bond acceptors (Lipinski definition) is 3. The van der Waals surface area contributed by atoms with E-state index in [-0.39, 0.29) is 5.76 Å². The molecule has 0 unspecified atom stereocenters. The van der Waals surface area contributed by atoms with Gasteiger partial charge in [0.05, 0.1) is 6.04 Å². The number of aryl methyl sites for hydroxylation is 1. The summed E-state index contributed by atoms with van der Waals surface area (Å²) in [5, 5.41) is 4.16. The van der Waals surface area contributed by atoms with Crippen molar-refractivity contribution >= 4 is 0 Å². The van der Waals surface area contributed by atoms with Crippen LogP contribution in [0.15, 0.2) is 9.21 Å². The fraction of sp³-hybridized carbons (Fsp3) is 0.778. The van der Waals surface area contributed by atoms with Crippen LogP contribution in [0.25, 0.3) is 0 Å². The largest absolute Gasteiger partial charge is 0.437 e. The lowest BCUT2D eigenvalue weighted by Gasteiger charge is -2.23. The summed E-state index contributed by atoms with van der Waals surface area (Å²) in [4.78, 5) is 11.3. The Morgan fingerprint density at radius 2 is 2.38 bits per heavy atom. The van der Waals surface area contributed by atoms with Gasteiger partial charge in [-0.1, -0.05) is 6.92 Å². The van der Waals surface area contributed by atoms with Gasteiger partial charge in [-0.3, -0.25) is 0 Å². The summed E-state index contributed by atoms with van der Waals surface area (Å²) in [5.74, 6) is 0.299. The van der Waals surface area contributed by atoms with Gasteiger partial charge in [0.15, 0.2) is 0 Å². The van der Waals surface area contributed by atoms with Gasteiger partial charge < -0.3 is 4.42 Å². The fourth-order valence-electron chi connectivity index (χ4n) is 1.51. The molecule has 0 aliphatic heterocycles. The van der Waals surface area contributed by atoms with Crippen LogP contribution in [0.5, 0.6) is 0 Å². The molecule has 0 atom stereocenters. The Morgan fingerprint density at radius 1 is 1.62 bits per heavy atom. The Morgan fingerprint density at radius 3 is 2.92 bits per heavy atom. The summed E-state index contributed by atoms with van der Waals surface area (Å²) in [6, 6.07) is 0.307. The second kappa shape index (κ2) is 3.36. The number of rotatable bonds is 3. The molecule has 1 saturated carbocycles. The molecule has 0 N–H and O–H groups in total. The summed E-state index contributed by atoms with van der Waals surface area (Å²) in [5.41, 5.74) is 0. The highest BCUT2D eigenvalue weighted by Crippen LogP contribution is 2.29. The Hall–Kier alpha value is -1.06. The third-order valence-electron chi connectivity index (χ3n) is 2.50. The average molecular weight is 182 g/mol. The van der Waals surface area contributed by atoms with Gasteiger partial charge in [0, 0.05) is 6.42 Å². The minimum Gasteiger partial charge on any atom is -0.392 e. The SMILES string of the molecule is CCCc1nn(C2CCC2)c(=O)o1. The summed E-state index contributed by atoms with van der Waals surface area (Å²) < 4.78 is 6.52. The van der Waals surface area contributed by atoms with E-state index in [1.807, 2.05) is 6.92 Å². The first kappa shape index (κ1) is 8.53. The molecule has 0 radical (unpaired) electrons. The maximum atomic E-state index is 11.3. The fourth-order valence-corrected chi connectivity index (χ4v) is 1.51. The second-order valence-corrected chi connectivity index (χ2v) is 3.54. The normalized spacial score (nSPS) is 17.3. The molecule has 1 aromatic heterocycles. The van der Waals surface area contributed by atoms with E-state index < -0.39 is 0 Å². The van der Waals surface area contributed by atoms with E-state index in [1.165, 1.54) is 11.1 Å². The van der Waals surface area contributed by atoms with Crippen LogP contribution in [0.2, 0.25) is 0 Å². The van der Waals surface area contributed by atoms with E-state index in [9.17, 15) is 4.79 Å². The molecule has 0 saturated heterocycles. The van der Waals surface area contributed by atoms with Crippen LogP contribution in [0.3, 0.4) is 0 Å². The molecular weight excluding hydrogens is 168 g/mol. The van der Waals surface area contributed by atoms with Crippen molar-refractivity contribution in [3.8, 4) is 0 Å². The summed E-state index contributed by atoms with van der Waals surface area (Å²) in [6.45, 7) is 2.04. The van der Waals surface area contributed by atoms with Crippen LogP contribution in [0.4, 0.5) is 0 Å². The number of aromatic nitrogens is 2. The minimum atomic E-state index is -0.284. The van der Waals surface area contributed by atoms with Crippen molar-refractivity contribution in [1.29, 1.82) is 0 Å². The maximum absolute atomic E-state index is 11.3. The van der Waals surface area contributed by atoms with Crippen LogP contribution < -0.4 is 5.76 Å². The third-order valence-corrected chi connectivity index (χ3v) is 2.50. The Bertz CT molecular complexity index is 336. The predicted octanol–water partition coefficient (Wildman–Crippen LogP) is 1.51.